The number of thiazole rings is 1. The first-order chi connectivity index (χ1) is 12.7. The summed E-state index contributed by atoms with van der Waals surface area (Å²) in [5, 5.41) is 7.66. The zero-order chi connectivity index (χ0) is 20.1. The maximum absolute atomic E-state index is 4.50. The molecule has 0 fully saturated rings. The molecule has 0 unspecified atom stereocenters. The predicted molar refractivity (Wildman–Crippen MR) is 121 cm³/mol. The Bertz CT molecular complexity index is 902. The molecule has 0 amide bonds. The van der Waals surface area contributed by atoms with Gasteiger partial charge in [-0.05, 0) is 64.8 Å². The summed E-state index contributed by atoms with van der Waals surface area (Å²) in [6.45, 7) is 20.6. The Labute approximate surface area is 167 Å². The van der Waals surface area contributed by atoms with E-state index in [1.54, 1.807) is 11.3 Å². The lowest BCUT2D eigenvalue weighted by molar-refractivity contribution is 1.30. The Morgan fingerprint density at radius 2 is 1.63 bits per heavy atom. The van der Waals surface area contributed by atoms with Crippen molar-refractivity contribution in [2.75, 3.05) is 10.6 Å². The van der Waals surface area contributed by atoms with E-state index in [-0.39, 0.29) is 0 Å². The number of nitrogens with one attached hydrogen (secondary N) is 2. The molecule has 0 atom stereocenters. The third-order valence-electron chi connectivity index (χ3n) is 3.85. The Hall–Kier alpha value is -2.59. The van der Waals surface area contributed by atoms with Crippen LogP contribution in [0.3, 0.4) is 0 Å². The van der Waals surface area contributed by atoms with Crippen molar-refractivity contribution in [2.24, 2.45) is 0 Å². The monoisotopic (exact) mass is 379 g/mol. The van der Waals surface area contributed by atoms with Crippen molar-refractivity contribution in [2.45, 2.75) is 41.5 Å². The topological polar surface area (TPSA) is 37.0 Å². The number of benzene rings is 1. The molecule has 0 radical (unpaired) electrons. The highest BCUT2D eigenvalue weighted by atomic mass is 32.1. The van der Waals surface area contributed by atoms with Gasteiger partial charge in [-0.25, -0.2) is 4.98 Å². The van der Waals surface area contributed by atoms with Crippen LogP contribution in [0.25, 0.3) is 5.70 Å². The minimum Gasteiger partial charge on any atom is -0.354 e. The number of nitrogens with zero attached hydrogens (tertiary/aromatic N) is 1. The quantitative estimate of drug-likeness (QED) is 0.509. The summed E-state index contributed by atoms with van der Waals surface area (Å²) in [5.74, 6) is 0. The molecule has 4 heteroatoms. The molecule has 0 bridgehead atoms. The number of anilines is 2. The predicted octanol–water partition coefficient (Wildman–Crippen LogP) is 6.99. The molecule has 3 nitrogen and oxygen atoms in total. The average molecular weight is 380 g/mol. The van der Waals surface area contributed by atoms with E-state index in [4.69, 9.17) is 0 Å². The number of allylic oxidation sites excluding steroid dienone is 4. The van der Waals surface area contributed by atoms with Crippen molar-refractivity contribution in [3.8, 4) is 0 Å². The van der Waals surface area contributed by atoms with Gasteiger partial charge in [-0.2, -0.15) is 0 Å². The van der Waals surface area contributed by atoms with Crippen molar-refractivity contribution in [1.82, 2.24) is 4.98 Å². The van der Waals surface area contributed by atoms with Crippen LogP contribution in [0.2, 0.25) is 0 Å². The fourth-order valence-electron chi connectivity index (χ4n) is 2.87. The molecule has 2 aromatic rings. The van der Waals surface area contributed by atoms with E-state index >= 15 is 0 Å². The second-order valence-corrected chi connectivity index (χ2v) is 8.23. The summed E-state index contributed by atoms with van der Waals surface area (Å²) >= 11 is 1.57. The number of rotatable bonds is 7. The Morgan fingerprint density at radius 3 is 2.19 bits per heavy atom. The average Bonchev–Trinajstić information content (AvgIpc) is 2.97. The van der Waals surface area contributed by atoms with Gasteiger partial charge in [0.15, 0.2) is 5.13 Å². The first-order valence-corrected chi connectivity index (χ1v) is 9.76. The second-order valence-electron chi connectivity index (χ2n) is 7.20. The molecule has 0 aliphatic rings. The van der Waals surface area contributed by atoms with Gasteiger partial charge in [-0.15, -0.1) is 0 Å². The van der Waals surface area contributed by atoms with Crippen LogP contribution >= 0.6 is 11.3 Å². The third kappa shape index (κ3) is 5.97. The van der Waals surface area contributed by atoms with E-state index in [2.05, 4.69) is 81.6 Å². The van der Waals surface area contributed by atoms with Crippen molar-refractivity contribution in [1.29, 1.82) is 0 Å². The zero-order valence-corrected chi connectivity index (χ0v) is 18.0. The van der Waals surface area contributed by atoms with Crippen LogP contribution in [0.1, 0.15) is 42.3 Å². The number of aromatic nitrogens is 1. The van der Waals surface area contributed by atoms with Crippen molar-refractivity contribution in [3.63, 3.8) is 0 Å². The normalized spacial score (nSPS) is 11.1. The molecule has 27 heavy (non-hydrogen) atoms. The van der Waals surface area contributed by atoms with Crippen LogP contribution < -0.4 is 10.6 Å². The summed E-state index contributed by atoms with van der Waals surface area (Å²) in [4.78, 5) is 5.50. The number of hydrogen-bond acceptors (Lipinski definition) is 4. The Kier molecular flexibility index (Phi) is 6.81. The maximum Gasteiger partial charge on any atom is 0.187 e. The van der Waals surface area contributed by atoms with Gasteiger partial charge in [0.05, 0.1) is 10.6 Å². The molecule has 1 heterocycles. The standard InChI is InChI=1S/C23H29N3S/c1-14(2)9-20(10-15(3)4)26-23-24-13-21(27-23)19(8)25-22-17(6)11-16(5)12-18(22)7/h9-13,25H,1,8H2,2-7H3,(H,24,26)/b20-9+. The third-order valence-corrected chi connectivity index (χ3v) is 4.83. The Balaban J connectivity index is 2.18. The molecular formula is C23H29N3S. The van der Waals surface area contributed by atoms with Crippen molar-refractivity contribution in [3.05, 3.63) is 82.1 Å². The van der Waals surface area contributed by atoms with Crippen LogP contribution in [0.4, 0.5) is 10.8 Å². The van der Waals surface area contributed by atoms with Crippen molar-refractivity contribution < 1.29 is 0 Å². The molecule has 0 spiro atoms. The van der Waals surface area contributed by atoms with Crippen molar-refractivity contribution >= 4 is 27.9 Å². The van der Waals surface area contributed by atoms with E-state index < -0.39 is 0 Å². The molecule has 1 aromatic heterocycles. The molecule has 0 aliphatic heterocycles. The minimum atomic E-state index is 0.829. The lowest BCUT2D eigenvalue weighted by Gasteiger charge is -2.14. The van der Waals surface area contributed by atoms with Gasteiger partial charge >= 0.3 is 0 Å². The fourth-order valence-corrected chi connectivity index (χ4v) is 3.64. The molecule has 2 N–H and O–H groups in total. The summed E-state index contributed by atoms with van der Waals surface area (Å²) < 4.78 is 0. The molecule has 0 aliphatic carbocycles. The zero-order valence-electron chi connectivity index (χ0n) is 17.2. The van der Waals surface area contributed by atoms with Gasteiger partial charge in [0.25, 0.3) is 0 Å². The van der Waals surface area contributed by atoms with Gasteiger partial charge in [-0.3, -0.25) is 0 Å². The molecular weight excluding hydrogens is 350 g/mol. The summed E-state index contributed by atoms with van der Waals surface area (Å²) in [5.41, 5.74) is 8.84. The lowest BCUT2D eigenvalue weighted by atomic mass is 10.0. The van der Waals surface area contributed by atoms with Gasteiger partial charge in [0, 0.05) is 17.6 Å². The SMILES string of the molecule is C=C(C)/C=C(\C=C(C)C)Nc1ncc(C(=C)Nc2c(C)cc(C)cc2C)s1. The second kappa shape index (κ2) is 8.87. The molecule has 2 rings (SSSR count). The highest BCUT2D eigenvalue weighted by Gasteiger charge is 2.10. The summed E-state index contributed by atoms with van der Waals surface area (Å²) in [7, 11) is 0. The number of aryl methyl sites for hydroxylation is 3. The van der Waals surface area contributed by atoms with Crippen LogP contribution in [-0.2, 0) is 0 Å². The van der Waals surface area contributed by atoms with Crippen LogP contribution in [0.5, 0.6) is 0 Å². The van der Waals surface area contributed by atoms with Gasteiger partial charge in [-0.1, -0.05) is 53.3 Å². The van der Waals surface area contributed by atoms with Crippen LogP contribution in [-0.4, -0.2) is 4.98 Å². The highest BCUT2D eigenvalue weighted by Crippen LogP contribution is 2.30. The van der Waals surface area contributed by atoms with E-state index in [0.717, 1.165) is 32.7 Å². The van der Waals surface area contributed by atoms with E-state index in [0.29, 0.717) is 0 Å². The number of hydrogen-bond donors (Lipinski definition) is 2. The van der Waals surface area contributed by atoms with E-state index in [1.807, 2.05) is 19.2 Å². The highest BCUT2D eigenvalue weighted by molar-refractivity contribution is 7.16. The van der Waals surface area contributed by atoms with E-state index in [1.165, 1.54) is 22.3 Å². The van der Waals surface area contributed by atoms with Gasteiger partial charge in [0.1, 0.15) is 0 Å². The van der Waals surface area contributed by atoms with Crippen LogP contribution in [0.15, 0.2) is 60.5 Å². The Morgan fingerprint density at radius 1 is 1.00 bits per heavy atom. The first kappa shape index (κ1) is 20.7. The summed E-state index contributed by atoms with van der Waals surface area (Å²) in [6, 6.07) is 4.35. The molecule has 0 saturated heterocycles. The molecule has 0 saturated carbocycles. The fraction of sp³-hybridized carbons (Fsp3) is 0.261. The smallest absolute Gasteiger partial charge is 0.187 e. The van der Waals surface area contributed by atoms with E-state index in [9.17, 15) is 0 Å². The van der Waals surface area contributed by atoms with Gasteiger partial charge in [0.2, 0.25) is 0 Å². The molecule has 142 valence electrons. The minimum absolute atomic E-state index is 0.829. The first-order valence-electron chi connectivity index (χ1n) is 8.95. The molecule has 1 aromatic carbocycles. The maximum atomic E-state index is 4.50. The lowest BCUT2D eigenvalue weighted by Crippen LogP contribution is -2.00. The van der Waals surface area contributed by atoms with Crippen LogP contribution in [0, 0.1) is 20.8 Å². The summed E-state index contributed by atoms with van der Waals surface area (Å²) in [6.07, 6.45) is 5.95. The van der Waals surface area contributed by atoms with Gasteiger partial charge < -0.3 is 10.6 Å². The largest absolute Gasteiger partial charge is 0.354 e.